The molecule has 14 heavy (non-hydrogen) atoms. The zero-order valence-electron chi connectivity index (χ0n) is 9.08. The molecule has 0 fully saturated rings. The van der Waals surface area contributed by atoms with E-state index in [0.29, 0.717) is 24.9 Å². The van der Waals surface area contributed by atoms with Gasteiger partial charge in [-0.3, -0.25) is 0 Å². The van der Waals surface area contributed by atoms with Crippen molar-refractivity contribution in [3.63, 3.8) is 0 Å². The highest BCUT2D eigenvalue weighted by Crippen LogP contribution is 2.12. The second-order valence-corrected chi connectivity index (χ2v) is 3.86. The second-order valence-electron chi connectivity index (χ2n) is 3.86. The number of hydrogen-bond acceptors (Lipinski definition) is 3. The number of hydrogen-bond donors (Lipinski definition) is 1. The smallest absolute Gasteiger partial charge is 0.213 e. The predicted molar refractivity (Wildman–Crippen MR) is 57.2 cm³/mol. The van der Waals surface area contributed by atoms with E-state index in [1.807, 2.05) is 19.1 Å². The molecule has 1 aromatic heterocycles. The Morgan fingerprint density at radius 1 is 1.43 bits per heavy atom. The molecule has 78 valence electrons. The maximum absolute atomic E-state index is 5.56. The van der Waals surface area contributed by atoms with Gasteiger partial charge in [0, 0.05) is 18.3 Å². The molecule has 0 amide bonds. The fraction of sp³-hybridized carbons (Fsp3) is 0.545. The van der Waals surface area contributed by atoms with Gasteiger partial charge in [0.15, 0.2) is 0 Å². The first-order valence-electron chi connectivity index (χ1n) is 4.92. The number of aryl methyl sites for hydroxylation is 1. The van der Waals surface area contributed by atoms with Crippen LogP contribution < -0.4 is 10.5 Å². The van der Waals surface area contributed by atoms with Gasteiger partial charge in [0.05, 0.1) is 6.61 Å². The molecule has 0 radical (unpaired) electrons. The molecule has 1 aromatic rings. The van der Waals surface area contributed by atoms with Crippen LogP contribution in [0.15, 0.2) is 12.1 Å². The Hall–Kier alpha value is -1.09. The summed E-state index contributed by atoms with van der Waals surface area (Å²) in [6.45, 7) is 7.39. The monoisotopic (exact) mass is 194 g/mol. The zero-order chi connectivity index (χ0) is 10.6. The van der Waals surface area contributed by atoms with E-state index in [4.69, 9.17) is 10.5 Å². The molecule has 0 unspecified atom stereocenters. The lowest BCUT2D eigenvalue weighted by molar-refractivity contribution is 0.260. The maximum Gasteiger partial charge on any atom is 0.213 e. The van der Waals surface area contributed by atoms with Gasteiger partial charge in [-0.25, -0.2) is 4.98 Å². The largest absolute Gasteiger partial charge is 0.477 e. The van der Waals surface area contributed by atoms with Crippen LogP contribution in [-0.4, -0.2) is 11.6 Å². The Labute approximate surface area is 85.3 Å². The number of pyridine rings is 1. The molecule has 0 atom stereocenters. The van der Waals surface area contributed by atoms with Crippen molar-refractivity contribution in [2.24, 2.45) is 11.7 Å². The maximum atomic E-state index is 5.56. The van der Waals surface area contributed by atoms with E-state index >= 15 is 0 Å². The Balaban J connectivity index is 2.71. The number of nitrogens with zero attached hydrogens (tertiary/aromatic N) is 1. The van der Waals surface area contributed by atoms with E-state index in [9.17, 15) is 0 Å². The van der Waals surface area contributed by atoms with Gasteiger partial charge in [-0.15, -0.1) is 0 Å². The van der Waals surface area contributed by atoms with E-state index < -0.39 is 0 Å². The molecular formula is C11H18N2O. The summed E-state index contributed by atoms with van der Waals surface area (Å²) in [7, 11) is 0. The van der Waals surface area contributed by atoms with E-state index in [-0.39, 0.29) is 0 Å². The van der Waals surface area contributed by atoms with Crippen molar-refractivity contribution in [2.75, 3.05) is 6.61 Å². The summed E-state index contributed by atoms with van der Waals surface area (Å²) in [5.41, 5.74) is 7.58. The molecule has 0 aliphatic heterocycles. The normalized spacial score (nSPS) is 10.6. The molecule has 0 aliphatic carbocycles. The van der Waals surface area contributed by atoms with Gasteiger partial charge in [-0.05, 0) is 24.5 Å². The van der Waals surface area contributed by atoms with Crippen LogP contribution in [0, 0.1) is 12.8 Å². The number of aromatic nitrogens is 1. The van der Waals surface area contributed by atoms with Gasteiger partial charge in [-0.2, -0.15) is 0 Å². The van der Waals surface area contributed by atoms with Crippen LogP contribution in [0.2, 0.25) is 0 Å². The Morgan fingerprint density at radius 3 is 2.71 bits per heavy atom. The van der Waals surface area contributed by atoms with Crippen molar-refractivity contribution in [3.05, 3.63) is 23.4 Å². The zero-order valence-corrected chi connectivity index (χ0v) is 9.08. The lowest BCUT2D eigenvalue weighted by Gasteiger charge is -2.09. The summed E-state index contributed by atoms with van der Waals surface area (Å²) < 4.78 is 5.52. The van der Waals surface area contributed by atoms with Crippen molar-refractivity contribution in [1.29, 1.82) is 0 Å². The molecule has 0 saturated carbocycles. The average Bonchev–Trinajstić information content (AvgIpc) is 2.14. The van der Waals surface area contributed by atoms with Gasteiger partial charge in [0.1, 0.15) is 0 Å². The highest BCUT2D eigenvalue weighted by molar-refractivity contribution is 5.24. The summed E-state index contributed by atoms with van der Waals surface area (Å²) in [5.74, 6) is 1.19. The van der Waals surface area contributed by atoms with Crippen LogP contribution in [0.4, 0.5) is 0 Å². The van der Waals surface area contributed by atoms with Crippen molar-refractivity contribution in [1.82, 2.24) is 4.98 Å². The third-order valence-corrected chi connectivity index (χ3v) is 1.79. The lowest BCUT2D eigenvalue weighted by Crippen LogP contribution is -2.07. The molecule has 0 bridgehead atoms. The van der Waals surface area contributed by atoms with E-state index in [1.165, 1.54) is 0 Å². The first-order chi connectivity index (χ1) is 6.61. The van der Waals surface area contributed by atoms with Crippen molar-refractivity contribution in [2.45, 2.75) is 27.3 Å². The number of nitrogens with two attached hydrogens (primary N) is 1. The van der Waals surface area contributed by atoms with Crippen molar-refractivity contribution < 1.29 is 4.74 Å². The average molecular weight is 194 g/mol. The Morgan fingerprint density at radius 2 is 2.14 bits per heavy atom. The third kappa shape index (κ3) is 3.34. The number of ether oxygens (including phenoxy) is 1. The SMILES string of the molecule is Cc1cc(CN)cc(OCC(C)C)n1. The van der Waals surface area contributed by atoms with E-state index in [1.54, 1.807) is 0 Å². The molecule has 2 N–H and O–H groups in total. The molecule has 0 saturated heterocycles. The summed E-state index contributed by atoms with van der Waals surface area (Å²) in [6.07, 6.45) is 0. The van der Waals surface area contributed by atoms with Gasteiger partial charge < -0.3 is 10.5 Å². The van der Waals surface area contributed by atoms with E-state index in [2.05, 4.69) is 18.8 Å². The summed E-state index contributed by atoms with van der Waals surface area (Å²) >= 11 is 0. The molecule has 0 aliphatic rings. The highest BCUT2D eigenvalue weighted by atomic mass is 16.5. The third-order valence-electron chi connectivity index (χ3n) is 1.79. The first-order valence-corrected chi connectivity index (χ1v) is 4.92. The number of rotatable bonds is 4. The highest BCUT2D eigenvalue weighted by Gasteiger charge is 2.01. The van der Waals surface area contributed by atoms with Gasteiger partial charge in [0.2, 0.25) is 5.88 Å². The minimum atomic E-state index is 0.513. The Bertz CT molecular complexity index is 297. The molecular weight excluding hydrogens is 176 g/mol. The molecule has 1 heterocycles. The molecule has 3 heteroatoms. The second kappa shape index (κ2) is 4.96. The van der Waals surface area contributed by atoms with Crippen LogP contribution in [0.1, 0.15) is 25.1 Å². The van der Waals surface area contributed by atoms with Gasteiger partial charge in [0.25, 0.3) is 0 Å². The lowest BCUT2D eigenvalue weighted by atomic mass is 10.2. The predicted octanol–water partition coefficient (Wildman–Crippen LogP) is 1.88. The fourth-order valence-corrected chi connectivity index (χ4v) is 1.15. The van der Waals surface area contributed by atoms with Crippen LogP contribution >= 0.6 is 0 Å². The fourth-order valence-electron chi connectivity index (χ4n) is 1.15. The molecule has 1 rings (SSSR count). The van der Waals surface area contributed by atoms with Crippen LogP contribution in [0.25, 0.3) is 0 Å². The minimum Gasteiger partial charge on any atom is -0.477 e. The van der Waals surface area contributed by atoms with Crippen molar-refractivity contribution in [3.8, 4) is 5.88 Å². The van der Waals surface area contributed by atoms with Crippen LogP contribution in [0.3, 0.4) is 0 Å². The van der Waals surface area contributed by atoms with Gasteiger partial charge >= 0.3 is 0 Å². The minimum absolute atomic E-state index is 0.513. The summed E-state index contributed by atoms with van der Waals surface area (Å²) in [6, 6.07) is 3.87. The topological polar surface area (TPSA) is 48.1 Å². The summed E-state index contributed by atoms with van der Waals surface area (Å²) in [4.78, 5) is 4.28. The molecule has 0 aromatic carbocycles. The van der Waals surface area contributed by atoms with Gasteiger partial charge in [-0.1, -0.05) is 13.8 Å². The molecule has 0 spiro atoms. The quantitative estimate of drug-likeness (QED) is 0.796. The molecule has 3 nitrogen and oxygen atoms in total. The van der Waals surface area contributed by atoms with E-state index in [0.717, 1.165) is 11.3 Å². The van der Waals surface area contributed by atoms with Crippen LogP contribution in [0.5, 0.6) is 5.88 Å². The van der Waals surface area contributed by atoms with Crippen LogP contribution in [-0.2, 0) is 6.54 Å². The van der Waals surface area contributed by atoms with Crippen molar-refractivity contribution >= 4 is 0 Å². The standard InChI is InChI=1S/C11H18N2O/c1-8(2)7-14-11-5-10(6-12)4-9(3)13-11/h4-5,8H,6-7,12H2,1-3H3. The first kappa shape index (κ1) is 11.0. The summed E-state index contributed by atoms with van der Waals surface area (Å²) in [5, 5.41) is 0. The Kier molecular flexibility index (Phi) is 3.89.